The van der Waals surface area contributed by atoms with E-state index in [4.69, 9.17) is 19.2 Å². The lowest BCUT2D eigenvalue weighted by molar-refractivity contribution is -0.00146. The van der Waals surface area contributed by atoms with Gasteiger partial charge in [-0.25, -0.2) is 9.59 Å². The number of H-pyrrole nitrogens is 2. The highest BCUT2D eigenvalue weighted by Gasteiger charge is 2.13. The quantitative estimate of drug-likeness (QED) is 0.100. The Morgan fingerprint density at radius 1 is 0.829 bits per heavy atom. The van der Waals surface area contributed by atoms with E-state index in [1.165, 1.54) is 71.5 Å². The second kappa shape index (κ2) is 15.1. The molecule has 0 saturated heterocycles. The van der Waals surface area contributed by atoms with E-state index >= 15 is 0 Å². The highest BCUT2D eigenvalue weighted by Crippen LogP contribution is 2.35. The van der Waals surface area contributed by atoms with Crippen LogP contribution in [0.15, 0.2) is 71.3 Å². The third-order valence-electron chi connectivity index (χ3n) is 5.15. The van der Waals surface area contributed by atoms with Gasteiger partial charge in [0.25, 0.3) is 11.1 Å². The number of oxime groups is 3. The van der Waals surface area contributed by atoms with Crippen molar-refractivity contribution in [3.05, 3.63) is 83.9 Å². The molecule has 0 amide bonds. The van der Waals surface area contributed by atoms with Crippen LogP contribution in [-0.4, -0.2) is 74.9 Å². The number of nitrogens with zero attached hydrogens (tertiary/aromatic N) is 5. The summed E-state index contributed by atoms with van der Waals surface area (Å²) in [5, 5.41) is 30.9. The first-order chi connectivity index (χ1) is 19.8. The summed E-state index contributed by atoms with van der Waals surface area (Å²) in [7, 11) is 1.33. The van der Waals surface area contributed by atoms with Crippen LogP contribution in [0.5, 0.6) is 17.2 Å². The van der Waals surface area contributed by atoms with Gasteiger partial charge in [-0.05, 0) is 12.1 Å². The molecule has 1 aromatic carbocycles. The minimum absolute atomic E-state index is 0.00470. The predicted octanol–water partition coefficient (Wildman–Crippen LogP) is -0.822. The Labute approximate surface area is 230 Å². The zero-order valence-electron chi connectivity index (χ0n) is 21.7. The largest absolute Gasteiger partial charge is 0.504 e. The number of aromatic hydroxyl groups is 2. The van der Waals surface area contributed by atoms with Gasteiger partial charge < -0.3 is 29.5 Å². The summed E-state index contributed by atoms with van der Waals surface area (Å²) in [6, 6.07) is 5.10. The number of hydrogen-bond donors (Lipinski definition) is 4. The van der Waals surface area contributed by atoms with E-state index in [2.05, 4.69) is 25.4 Å². The molecule has 0 bridgehead atoms. The number of benzene rings is 1. The van der Waals surface area contributed by atoms with Crippen molar-refractivity contribution in [2.75, 3.05) is 26.9 Å². The summed E-state index contributed by atoms with van der Waals surface area (Å²) in [6.07, 6.45) is 6.57. The van der Waals surface area contributed by atoms with E-state index in [1.807, 2.05) is 0 Å². The number of phenols is 2. The van der Waals surface area contributed by atoms with Crippen molar-refractivity contribution in [3.8, 4) is 17.2 Å². The van der Waals surface area contributed by atoms with Gasteiger partial charge in [-0.1, -0.05) is 15.5 Å². The maximum Gasteiger partial charge on any atom is 0.328 e. The molecule has 3 aromatic rings. The molecule has 0 aliphatic rings. The van der Waals surface area contributed by atoms with Gasteiger partial charge in [-0.2, -0.15) is 0 Å². The molecule has 17 heteroatoms. The Balaban J connectivity index is 1.55. The fourth-order valence-corrected chi connectivity index (χ4v) is 3.06. The van der Waals surface area contributed by atoms with Crippen molar-refractivity contribution in [2.24, 2.45) is 21.4 Å². The Bertz CT molecular complexity index is 1540. The minimum Gasteiger partial charge on any atom is -0.504 e. The second-order valence-electron chi connectivity index (χ2n) is 8.18. The molecule has 0 radical (unpaired) electrons. The Morgan fingerprint density at radius 3 is 1.83 bits per heavy atom. The van der Waals surface area contributed by atoms with Crippen LogP contribution in [0.2, 0.25) is 0 Å². The molecule has 0 aliphatic heterocycles. The van der Waals surface area contributed by atoms with E-state index in [-0.39, 0.29) is 38.7 Å². The van der Waals surface area contributed by atoms with Crippen LogP contribution in [0, 0.1) is 5.92 Å². The SMILES string of the molecule is COc1cc(/C=N/OCC(CO/N=C/Cn2ccc(=O)[nH]c2=O)CO/N=C/Cn2ccc(=O)[nH]c2=O)cc(O)c1O. The summed E-state index contributed by atoms with van der Waals surface area (Å²) < 4.78 is 7.40. The van der Waals surface area contributed by atoms with Gasteiger partial charge >= 0.3 is 11.4 Å². The normalized spacial score (nSPS) is 11.6. The monoisotopic (exact) mass is 573 g/mol. The average Bonchev–Trinajstić information content (AvgIpc) is 2.94. The number of ether oxygens (including phenoxy) is 1. The molecule has 2 aromatic heterocycles. The topological polar surface area (TPSA) is 224 Å². The second-order valence-corrected chi connectivity index (χ2v) is 8.18. The Kier molecular flexibility index (Phi) is 11.0. The van der Waals surface area contributed by atoms with E-state index in [0.717, 1.165) is 0 Å². The van der Waals surface area contributed by atoms with Gasteiger partial charge in [0.05, 0.1) is 44.8 Å². The first kappa shape index (κ1) is 29.9. The van der Waals surface area contributed by atoms with E-state index < -0.39 is 39.9 Å². The van der Waals surface area contributed by atoms with Crippen LogP contribution in [-0.2, 0) is 27.6 Å². The number of aromatic nitrogens is 4. The van der Waals surface area contributed by atoms with Crippen LogP contribution < -0.4 is 27.2 Å². The van der Waals surface area contributed by atoms with Crippen LogP contribution in [0.3, 0.4) is 0 Å². The van der Waals surface area contributed by atoms with Crippen LogP contribution >= 0.6 is 0 Å². The number of methoxy groups -OCH3 is 1. The Morgan fingerprint density at radius 2 is 1.34 bits per heavy atom. The molecular weight excluding hydrogens is 546 g/mol. The molecule has 2 heterocycles. The highest BCUT2D eigenvalue weighted by atomic mass is 16.7. The van der Waals surface area contributed by atoms with Crippen LogP contribution in [0.4, 0.5) is 0 Å². The van der Waals surface area contributed by atoms with Gasteiger partial charge in [0.2, 0.25) is 5.75 Å². The summed E-state index contributed by atoms with van der Waals surface area (Å²) in [5.41, 5.74) is -1.82. The lowest BCUT2D eigenvalue weighted by atomic mass is 10.2. The molecule has 17 nitrogen and oxygen atoms in total. The van der Waals surface area contributed by atoms with Crippen molar-refractivity contribution in [2.45, 2.75) is 13.1 Å². The minimum atomic E-state index is -0.594. The van der Waals surface area contributed by atoms with E-state index in [9.17, 15) is 29.4 Å². The maximum atomic E-state index is 11.7. The molecule has 4 N–H and O–H groups in total. The molecular formula is C24H27N7O10. The first-order valence-corrected chi connectivity index (χ1v) is 11.9. The lowest BCUT2D eigenvalue weighted by Crippen LogP contribution is -2.29. The molecule has 0 unspecified atom stereocenters. The highest BCUT2D eigenvalue weighted by molar-refractivity contribution is 5.81. The number of aromatic amines is 2. The fourth-order valence-electron chi connectivity index (χ4n) is 3.06. The zero-order valence-corrected chi connectivity index (χ0v) is 21.7. The molecule has 41 heavy (non-hydrogen) atoms. The standard InChI is InChI=1S/C24H27N7O10/c1-38-19-11-16(10-18(32)22(19)35)12-27-41-15-17(13-39-25-4-8-30-6-2-20(33)28-23(30)36)14-40-26-5-9-31-7-3-21(34)29-24(31)37/h2-7,10-12,17,32,35H,8-9,13-15H2,1H3,(H,28,33,36)(H,29,34,37)/b25-4+,26-5+,27-12+. The van der Waals surface area contributed by atoms with Crippen LogP contribution in [0.25, 0.3) is 0 Å². The molecule has 0 spiro atoms. The molecule has 0 aliphatic carbocycles. The Hall–Kier alpha value is -5.61. The van der Waals surface area contributed by atoms with Crippen molar-refractivity contribution in [3.63, 3.8) is 0 Å². The average molecular weight is 574 g/mol. The summed E-state index contributed by atoms with van der Waals surface area (Å²) >= 11 is 0. The van der Waals surface area contributed by atoms with E-state index in [0.29, 0.717) is 5.56 Å². The van der Waals surface area contributed by atoms with Crippen molar-refractivity contribution in [1.82, 2.24) is 19.1 Å². The number of nitrogens with one attached hydrogen (secondary N) is 2. The van der Waals surface area contributed by atoms with Gasteiger partial charge in [0.1, 0.15) is 19.8 Å². The first-order valence-electron chi connectivity index (χ1n) is 11.9. The van der Waals surface area contributed by atoms with Gasteiger partial charge in [0, 0.05) is 30.1 Å². The third kappa shape index (κ3) is 9.57. The van der Waals surface area contributed by atoms with Crippen molar-refractivity contribution < 1.29 is 29.5 Å². The van der Waals surface area contributed by atoms with Gasteiger partial charge in [0.15, 0.2) is 11.5 Å². The van der Waals surface area contributed by atoms with E-state index in [1.54, 1.807) is 0 Å². The number of phenolic OH excluding ortho intramolecular Hbond substituents is 2. The van der Waals surface area contributed by atoms with Crippen molar-refractivity contribution >= 4 is 18.6 Å². The lowest BCUT2D eigenvalue weighted by Gasteiger charge is -2.13. The predicted molar refractivity (Wildman–Crippen MR) is 145 cm³/mol. The maximum absolute atomic E-state index is 11.7. The number of hydrogen-bond acceptors (Lipinski definition) is 13. The third-order valence-corrected chi connectivity index (χ3v) is 5.15. The fraction of sp³-hybridized carbons (Fsp3) is 0.292. The smallest absolute Gasteiger partial charge is 0.328 e. The van der Waals surface area contributed by atoms with Crippen molar-refractivity contribution in [1.29, 1.82) is 0 Å². The molecule has 0 saturated carbocycles. The molecule has 3 rings (SSSR count). The zero-order chi connectivity index (χ0) is 29.6. The van der Waals surface area contributed by atoms with Crippen LogP contribution in [0.1, 0.15) is 5.56 Å². The van der Waals surface area contributed by atoms with Gasteiger partial charge in [-0.3, -0.25) is 28.7 Å². The van der Waals surface area contributed by atoms with Gasteiger partial charge in [-0.15, -0.1) is 0 Å². The summed E-state index contributed by atoms with van der Waals surface area (Å²) in [6.45, 7) is 0.0792. The molecule has 218 valence electrons. The molecule has 0 atom stereocenters. The molecule has 0 fully saturated rings. The summed E-state index contributed by atoms with van der Waals surface area (Å²) in [5.74, 6) is -1.20. The summed E-state index contributed by atoms with van der Waals surface area (Å²) in [4.78, 5) is 65.8. The number of rotatable bonds is 15.